The molecule has 11 aromatic carbocycles. The van der Waals surface area contributed by atoms with Crippen molar-refractivity contribution in [3.8, 4) is 44.5 Å². The molecule has 0 heterocycles. The van der Waals surface area contributed by atoms with Gasteiger partial charge in [0.1, 0.15) is 0 Å². The summed E-state index contributed by atoms with van der Waals surface area (Å²) in [5.41, 5.74) is 12.7. The van der Waals surface area contributed by atoms with Gasteiger partial charge in [0.15, 0.2) is 0 Å². The van der Waals surface area contributed by atoms with Crippen molar-refractivity contribution in [1.82, 2.24) is 0 Å². The largest absolute Gasteiger partial charge is 0.0616 e. The molecule has 0 N–H and O–H groups in total. The molecule has 11 rings (SSSR count). The lowest BCUT2D eigenvalue weighted by molar-refractivity contribution is 1.47. The third kappa shape index (κ3) is 5.07. The van der Waals surface area contributed by atoms with Crippen LogP contribution in [0.25, 0.3) is 109 Å². The van der Waals surface area contributed by atoms with Gasteiger partial charge < -0.3 is 0 Å². The second-order valence-electron chi connectivity index (χ2n) is 15.4. The van der Waals surface area contributed by atoms with Gasteiger partial charge in [-0.15, -0.1) is 0 Å². The van der Waals surface area contributed by atoms with E-state index >= 15 is 0 Å². The van der Waals surface area contributed by atoms with E-state index in [-0.39, 0.29) is 0 Å². The van der Waals surface area contributed by atoms with E-state index in [0.717, 1.165) is 0 Å². The Balaban J connectivity index is 1.18. The van der Waals surface area contributed by atoms with E-state index in [2.05, 4.69) is 208 Å². The Bertz CT molecular complexity index is 3040. The van der Waals surface area contributed by atoms with Crippen LogP contribution in [0.2, 0.25) is 0 Å². The molecule has 0 amide bonds. The van der Waals surface area contributed by atoms with Gasteiger partial charge in [0, 0.05) is 0 Å². The zero-order valence-corrected chi connectivity index (χ0v) is 31.5. The summed E-state index contributed by atoms with van der Waals surface area (Å²) in [6.45, 7) is 4.36. The lowest BCUT2D eigenvalue weighted by atomic mass is 9.84. The van der Waals surface area contributed by atoms with Gasteiger partial charge in [-0.25, -0.2) is 0 Å². The first kappa shape index (κ1) is 32.4. The van der Waals surface area contributed by atoms with Gasteiger partial charge in [-0.1, -0.05) is 193 Å². The minimum Gasteiger partial charge on any atom is -0.0616 e. The molecule has 0 aliphatic rings. The van der Waals surface area contributed by atoms with E-state index in [4.69, 9.17) is 0 Å². The van der Waals surface area contributed by atoms with Crippen molar-refractivity contribution in [3.63, 3.8) is 0 Å². The van der Waals surface area contributed by atoms with Crippen molar-refractivity contribution < 1.29 is 0 Å². The Morgan fingerprint density at radius 3 is 0.768 bits per heavy atom. The maximum absolute atomic E-state index is 2.44. The third-order valence-electron chi connectivity index (χ3n) is 11.9. The first-order valence-electron chi connectivity index (χ1n) is 19.6. The molecule has 0 spiro atoms. The Kier molecular flexibility index (Phi) is 7.41. The van der Waals surface area contributed by atoms with Gasteiger partial charge in [-0.05, 0) is 135 Å². The molecule has 0 heteroatoms. The molecule has 0 unspecified atom stereocenters. The molecule has 0 atom stereocenters. The molecule has 11 aromatic rings. The van der Waals surface area contributed by atoms with E-state index < -0.39 is 0 Å². The number of hydrogen-bond acceptors (Lipinski definition) is 0. The van der Waals surface area contributed by atoms with Crippen LogP contribution in [-0.4, -0.2) is 0 Å². The van der Waals surface area contributed by atoms with E-state index in [0.29, 0.717) is 0 Å². The highest BCUT2D eigenvalue weighted by Crippen LogP contribution is 2.47. The van der Waals surface area contributed by atoms with Crippen LogP contribution in [0.5, 0.6) is 0 Å². The number of aryl methyl sites for hydroxylation is 2. The summed E-state index contributed by atoms with van der Waals surface area (Å²) < 4.78 is 0. The lowest BCUT2D eigenvalue weighted by Gasteiger charge is -2.19. The van der Waals surface area contributed by atoms with Crippen molar-refractivity contribution in [3.05, 3.63) is 205 Å². The second kappa shape index (κ2) is 12.8. The average Bonchev–Trinajstić information content (AvgIpc) is 3.24. The number of benzene rings is 11. The molecule has 262 valence electrons. The average molecular weight is 711 g/mol. The normalized spacial score (nSPS) is 11.8. The number of hydrogen-bond donors (Lipinski definition) is 0. The standard InChI is InChI=1S/C56H38/c1-35-13-11-15-39(31-35)53-43-17-3-7-21-47(43)55(48-22-8-4-18-44(48)53)41-29-27-37-25-26-38-28-30-42(34-52(38)51(37)33-41)56-49-23-9-5-19-45(49)54(40-16-12-14-36(2)32-40)46-20-6-10-24-50(46)56/h3-34H,1-2H3. The Labute approximate surface area is 326 Å². The fraction of sp³-hybridized carbons (Fsp3) is 0.0357. The minimum atomic E-state index is 1.23. The molecule has 0 saturated carbocycles. The predicted molar refractivity (Wildman–Crippen MR) is 243 cm³/mol. The fourth-order valence-electron chi connectivity index (χ4n) is 9.46. The topological polar surface area (TPSA) is 0 Å². The van der Waals surface area contributed by atoms with Crippen molar-refractivity contribution in [2.45, 2.75) is 13.8 Å². The van der Waals surface area contributed by atoms with Crippen LogP contribution in [-0.2, 0) is 0 Å². The van der Waals surface area contributed by atoms with Crippen LogP contribution in [0.1, 0.15) is 11.1 Å². The smallest absolute Gasteiger partial charge is 0.00261 e. The summed E-state index contributed by atoms with van der Waals surface area (Å²) in [4.78, 5) is 0. The Morgan fingerprint density at radius 2 is 0.482 bits per heavy atom. The van der Waals surface area contributed by atoms with E-state index in [1.807, 2.05) is 0 Å². The Hall–Kier alpha value is -7.02. The molecule has 0 fully saturated rings. The first-order chi connectivity index (χ1) is 27.6. The van der Waals surface area contributed by atoms with Gasteiger partial charge in [0.05, 0.1) is 0 Å². The summed E-state index contributed by atoms with van der Waals surface area (Å²) in [5.74, 6) is 0. The van der Waals surface area contributed by atoms with Gasteiger partial charge in [0.2, 0.25) is 0 Å². The van der Waals surface area contributed by atoms with Crippen LogP contribution < -0.4 is 0 Å². The van der Waals surface area contributed by atoms with Crippen LogP contribution in [0.4, 0.5) is 0 Å². The zero-order valence-electron chi connectivity index (χ0n) is 31.5. The highest BCUT2D eigenvalue weighted by atomic mass is 14.2. The molecular formula is C56H38. The third-order valence-corrected chi connectivity index (χ3v) is 11.9. The van der Waals surface area contributed by atoms with Crippen molar-refractivity contribution in [2.24, 2.45) is 0 Å². The SMILES string of the molecule is Cc1cccc(-c2c3ccccc3c(-c3ccc4ccc5ccc(-c6c7ccccc7c(-c7cccc(C)c7)c7ccccc67)cc5c4c3)c3ccccc23)c1. The van der Waals surface area contributed by atoms with Crippen LogP contribution in [0, 0.1) is 13.8 Å². The highest BCUT2D eigenvalue weighted by Gasteiger charge is 2.19. The molecule has 0 nitrogen and oxygen atoms in total. The summed E-state index contributed by atoms with van der Waals surface area (Å²) in [6.07, 6.45) is 0. The maximum atomic E-state index is 2.44. The van der Waals surface area contributed by atoms with Crippen molar-refractivity contribution in [2.75, 3.05) is 0 Å². The molecule has 0 aliphatic carbocycles. The van der Waals surface area contributed by atoms with Crippen LogP contribution in [0.3, 0.4) is 0 Å². The number of rotatable bonds is 4. The molecule has 0 aromatic heterocycles. The summed E-state index contributed by atoms with van der Waals surface area (Å²) in [5, 5.41) is 15.2. The van der Waals surface area contributed by atoms with Gasteiger partial charge >= 0.3 is 0 Å². The van der Waals surface area contributed by atoms with Crippen LogP contribution >= 0.6 is 0 Å². The molecule has 0 aliphatic heterocycles. The Morgan fingerprint density at radius 1 is 0.214 bits per heavy atom. The van der Waals surface area contributed by atoms with Crippen LogP contribution in [0.15, 0.2) is 194 Å². The number of fused-ring (bicyclic) bond motifs is 7. The lowest BCUT2D eigenvalue weighted by Crippen LogP contribution is -1.92. The molecule has 0 saturated heterocycles. The summed E-state index contributed by atoms with van der Waals surface area (Å²) in [7, 11) is 0. The maximum Gasteiger partial charge on any atom is -0.00261 e. The molecule has 0 radical (unpaired) electrons. The van der Waals surface area contributed by atoms with Crippen molar-refractivity contribution >= 4 is 64.6 Å². The fourth-order valence-corrected chi connectivity index (χ4v) is 9.46. The quantitative estimate of drug-likeness (QED) is 0.126. The summed E-state index contributed by atoms with van der Waals surface area (Å²) >= 11 is 0. The van der Waals surface area contributed by atoms with Gasteiger partial charge in [0.25, 0.3) is 0 Å². The second-order valence-corrected chi connectivity index (χ2v) is 15.4. The van der Waals surface area contributed by atoms with Gasteiger partial charge in [-0.2, -0.15) is 0 Å². The van der Waals surface area contributed by atoms with Gasteiger partial charge in [-0.3, -0.25) is 0 Å². The van der Waals surface area contributed by atoms with E-state index in [9.17, 15) is 0 Å². The molecule has 0 bridgehead atoms. The highest BCUT2D eigenvalue weighted by molar-refractivity contribution is 6.24. The zero-order chi connectivity index (χ0) is 37.3. The minimum absolute atomic E-state index is 1.23. The van der Waals surface area contributed by atoms with E-state index in [1.54, 1.807) is 0 Å². The molecule has 56 heavy (non-hydrogen) atoms. The van der Waals surface area contributed by atoms with E-state index in [1.165, 1.54) is 120 Å². The summed E-state index contributed by atoms with van der Waals surface area (Å²) in [6, 6.07) is 72.4. The predicted octanol–water partition coefficient (Wildman–Crippen LogP) is 15.9. The van der Waals surface area contributed by atoms with Crippen molar-refractivity contribution in [1.29, 1.82) is 0 Å². The molecular weight excluding hydrogens is 673 g/mol. The monoisotopic (exact) mass is 710 g/mol. The first-order valence-corrected chi connectivity index (χ1v) is 19.6.